The summed E-state index contributed by atoms with van der Waals surface area (Å²) >= 11 is 3.44. The third-order valence-electron chi connectivity index (χ3n) is 3.77. The largest absolute Gasteiger partial charge is 0.371 e. The molecule has 1 atom stereocenters. The van der Waals surface area contributed by atoms with Crippen LogP contribution in [0, 0.1) is 5.92 Å². The van der Waals surface area contributed by atoms with Crippen molar-refractivity contribution in [2.45, 2.75) is 33.1 Å². The van der Waals surface area contributed by atoms with E-state index in [-0.39, 0.29) is 5.78 Å². The fraction of sp³-hybridized carbons (Fsp3) is 0.533. The van der Waals surface area contributed by atoms with E-state index in [0.717, 1.165) is 34.7 Å². The van der Waals surface area contributed by atoms with Gasteiger partial charge in [0.25, 0.3) is 0 Å². The Bertz CT molecular complexity index is 444. The fourth-order valence-corrected chi connectivity index (χ4v) is 3.04. The topological polar surface area (TPSA) is 20.3 Å². The number of carbonyl (C=O) groups is 1. The normalized spacial score (nSPS) is 19.9. The number of hydrogen-bond donors (Lipinski definition) is 0. The van der Waals surface area contributed by atoms with Crippen LogP contribution in [0.1, 0.15) is 43.5 Å². The van der Waals surface area contributed by atoms with Crippen molar-refractivity contribution in [1.29, 1.82) is 0 Å². The van der Waals surface area contributed by atoms with Gasteiger partial charge in [-0.05, 0) is 43.9 Å². The zero-order valence-corrected chi connectivity index (χ0v) is 12.7. The van der Waals surface area contributed by atoms with Gasteiger partial charge in [0.2, 0.25) is 0 Å². The molecule has 0 saturated carbocycles. The molecule has 1 saturated heterocycles. The van der Waals surface area contributed by atoms with Crippen LogP contribution in [-0.2, 0) is 0 Å². The highest BCUT2D eigenvalue weighted by atomic mass is 79.9. The lowest BCUT2D eigenvalue weighted by Gasteiger charge is -2.35. The second-order valence-electron chi connectivity index (χ2n) is 5.08. The molecule has 2 rings (SSSR count). The predicted octanol–water partition coefficient (Wildman–Crippen LogP) is 4.28. The van der Waals surface area contributed by atoms with E-state index < -0.39 is 0 Å². The van der Waals surface area contributed by atoms with E-state index in [4.69, 9.17) is 0 Å². The van der Waals surface area contributed by atoms with Gasteiger partial charge < -0.3 is 4.90 Å². The number of ketones is 1. The maximum absolute atomic E-state index is 11.8. The van der Waals surface area contributed by atoms with Gasteiger partial charge in [-0.15, -0.1) is 0 Å². The zero-order valence-electron chi connectivity index (χ0n) is 11.1. The molecule has 1 unspecified atom stereocenters. The van der Waals surface area contributed by atoms with Crippen molar-refractivity contribution in [3.05, 3.63) is 28.2 Å². The summed E-state index contributed by atoms with van der Waals surface area (Å²) in [7, 11) is 0. The molecule has 1 aromatic carbocycles. The smallest absolute Gasteiger partial charge is 0.161 e. The van der Waals surface area contributed by atoms with Crippen LogP contribution < -0.4 is 4.90 Å². The van der Waals surface area contributed by atoms with Crippen molar-refractivity contribution < 1.29 is 4.79 Å². The van der Waals surface area contributed by atoms with Crippen LogP contribution in [0.4, 0.5) is 5.69 Å². The second-order valence-corrected chi connectivity index (χ2v) is 6.00. The summed E-state index contributed by atoms with van der Waals surface area (Å²) in [6.45, 7) is 6.05. The monoisotopic (exact) mass is 309 g/mol. The van der Waals surface area contributed by atoms with Crippen LogP contribution in [0.15, 0.2) is 22.7 Å². The van der Waals surface area contributed by atoms with Crippen molar-refractivity contribution in [3.8, 4) is 0 Å². The minimum atomic E-state index is 0.143. The molecule has 0 aliphatic carbocycles. The zero-order chi connectivity index (χ0) is 13.1. The number of anilines is 1. The van der Waals surface area contributed by atoms with Crippen LogP contribution in [0.5, 0.6) is 0 Å². The van der Waals surface area contributed by atoms with Crippen molar-refractivity contribution >= 4 is 27.4 Å². The second kappa shape index (κ2) is 5.87. The Balaban J connectivity index is 2.29. The van der Waals surface area contributed by atoms with E-state index >= 15 is 0 Å². The molecule has 0 aromatic heterocycles. The maximum Gasteiger partial charge on any atom is 0.161 e. The first-order valence-corrected chi connectivity index (χ1v) is 7.46. The maximum atomic E-state index is 11.8. The van der Waals surface area contributed by atoms with Gasteiger partial charge in [0, 0.05) is 28.8 Å². The van der Waals surface area contributed by atoms with Gasteiger partial charge >= 0.3 is 0 Å². The highest BCUT2D eigenvalue weighted by Gasteiger charge is 2.21. The number of hydrogen-bond acceptors (Lipinski definition) is 2. The van der Waals surface area contributed by atoms with Crippen molar-refractivity contribution in [1.82, 2.24) is 0 Å². The molecule has 0 bridgehead atoms. The van der Waals surface area contributed by atoms with E-state index in [1.165, 1.54) is 19.3 Å². The summed E-state index contributed by atoms with van der Waals surface area (Å²) in [5.74, 6) is 0.909. The number of Topliss-reactive ketones (excluding diaryl/α,β-unsaturated/α-hetero) is 1. The van der Waals surface area contributed by atoms with Gasteiger partial charge in [-0.1, -0.05) is 29.3 Å². The molecule has 0 N–H and O–H groups in total. The molecule has 0 spiro atoms. The highest BCUT2D eigenvalue weighted by molar-refractivity contribution is 9.10. The Morgan fingerprint density at radius 1 is 1.50 bits per heavy atom. The Hall–Kier alpha value is -0.830. The lowest BCUT2D eigenvalue weighted by atomic mass is 9.94. The summed E-state index contributed by atoms with van der Waals surface area (Å²) in [4.78, 5) is 14.1. The molecule has 18 heavy (non-hydrogen) atoms. The van der Waals surface area contributed by atoms with Gasteiger partial charge in [0.1, 0.15) is 0 Å². The predicted molar refractivity (Wildman–Crippen MR) is 79.4 cm³/mol. The molecule has 0 radical (unpaired) electrons. The first kappa shape index (κ1) is 13.6. The molecule has 0 amide bonds. The van der Waals surface area contributed by atoms with Crippen LogP contribution in [0.3, 0.4) is 0 Å². The van der Waals surface area contributed by atoms with Gasteiger partial charge in [0.15, 0.2) is 5.78 Å². The van der Waals surface area contributed by atoms with Gasteiger partial charge in [-0.3, -0.25) is 4.79 Å². The summed E-state index contributed by atoms with van der Waals surface area (Å²) in [6, 6.07) is 6.03. The van der Waals surface area contributed by atoms with Crippen LogP contribution >= 0.6 is 15.9 Å². The third kappa shape index (κ3) is 2.94. The van der Waals surface area contributed by atoms with Crippen molar-refractivity contribution in [2.24, 2.45) is 5.92 Å². The van der Waals surface area contributed by atoms with E-state index in [9.17, 15) is 4.79 Å². The number of rotatable bonds is 3. The molecular weight excluding hydrogens is 290 g/mol. The van der Waals surface area contributed by atoms with Crippen LogP contribution in [0.2, 0.25) is 0 Å². The number of piperidine rings is 1. The molecule has 3 heteroatoms. The molecule has 1 aliphatic heterocycles. The van der Waals surface area contributed by atoms with E-state index in [2.05, 4.69) is 33.8 Å². The lowest BCUT2D eigenvalue weighted by Crippen LogP contribution is -2.36. The molecule has 1 fully saturated rings. The number of halogens is 1. The van der Waals surface area contributed by atoms with Gasteiger partial charge in [0.05, 0.1) is 0 Å². The standard InChI is InChI=1S/C15H20BrNO/c1-3-12-5-4-8-17(10-12)15-7-6-13(16)9-14(15)11(2)18/h6-7,9,12H,3-5,8,10H2,1-2H3. The third-order valence-corrected chi connectivity index (χ3v) is 4.27. The van der Waals surface area contributed by atoms with Crippen molar-refractivity contribution in [3.63, 3.8) is 0 Å². The van der Waals surface area contributed by atoms with Gasteiger partial charge in [-0.2, -0.15) is 0 Å². The minimum Gasteiger partial charge on any atom is -0.371 e. The lowest BCUT2D eigenvalue weighted by molar-refractivity contribution is 0.101. The van der Waals surface area contributed by atoms with Crippen LogP contribution in [0.25, 0.3) is 0 Å². The molecule has 98 valence electrons. The Morgan fingerprint density at radius 2 is 2.28 bits per heavy atom. The van der Waals surface area contributed by atoms with Crippen LogP contribution in [-0.4, -0.2) is 18.9 Å². The number of benzene rings is 1. The summed E-state index contributed by atoms with van der Waals surface area (Å²) < 4.78 is 0.973. The molecule has 1 heterocycles. The number of nitrogens with zero attached hydrogens (tertiary/aromatic N) is 1. The highest BCUT2D eigenvalue weighted by Crippen LogP contribution is 2.29. The quantitative estimate of drug-likeness (QED) is 0.777. The van der Waals surface area contributed by atoms with Gasteiger partial charge in [-0.25, -0.2) is 0 Å². The van der Waals surface area contributed by atoms with E-state index in [1.807, 2.05) is 12.1 Å². The average molecular weight is 310 g/mol. The Kier molecular flexibility index (Phi) is 4.44. The number of carbonyl (C=O) groups excluding carboxylic acids is 1. The molecule has 1 aromatic rings. The fourth-order valence-electron chi connectivity index (χ4n) is 2.68. The van der Waals surface area contributed by atoms with E-state index in [1.54, 1.807) is 6.92 Å². The Morgan fingerprint density at radius 3 is 2.94 bits per heavy atom. The minimum absolute atomic E-state index is 0.143. The SMILES string of the molecule is CCC1CCCN(c2ccc(Br)cc2C(C)=O)C1. The summed E-state index contributed by atoms with van der Waals surface area (Å²) in [5.41, 5.74) is 1.94. The molecular formula is C15H20BrNO. The van der Waals surface area contributed by atoms with Crippen molar-refractivity contribution in [2.75, 3.05) is 18.0 Å². The average Bonchev–Trinajstić information content (AvgIpc) is 2.38. The van der Waals surface area contributed by atoms with E-state index in [0.29, 0.717) is 0 Å². The Labute approximate surface area is 117 Å². The first-order chi connectivity index (χ1) is 8.61. The molecule has 2 nitrogen and oxygen atoms in total. The first-order valence-electron chi connectivity index (χ1n) is 6.67. The summed E-state index contributed by atoms with van der Waals surface area (Å²) in [6.07, 6.45) is 3.77. The molecule has 1 aliphatic rings. The summed E-state index contributed by atoms with van der Waals surface area (Å²) in [5, 5.41) is 0.